The Hall–Kier alpha value is -3.55. The van der Waals surface area contributed by atoms with Crippen molar-refractivity contribution in [3.05, 3.63) is 42.5 Å². The number of nitrogen functional groups attached to an aromatic ring is 1. The molecule has 0 saturated carbocycles. The number of amides is 3. The molecule has 2 aromatic rings. The number of nitrogens with one attached hydrogen (secondary N) is 1. The monoisotopic (exact) mass is 385 g/mol. The minimum atomic E-state index is -1.02. The summed E-state index contributed by atoms with van der Waals surface area (Å²) in [5.74, 6) is -1.63. The molecule has 0 spiro atoms. The van der Waals surface area contributed by atoms with Crippen molar-refractivity contribution in [2.45, 2.75) is 20.8 Å². The van der Waals surface area contributed by atoms with E-state index in [1.165, 1.54) is 19.1 Å². The van der Waals surface area contributed by atoms with E-state index in [4.69, 9.17) is 15.2 Å². The first kappa shape index (κ1) is 20.8. The Bertz CT molecular complexity index is 882. The number of benzene rings is 2. The average Bonchev–Trinajstić information content (AvgIpc) is 2.64. The summed E-state index contributed by atoms with van der Waals surface area (Å²) in [6.45, 7) is 5.72. The summed E-state index contributed by atoms with van der Waals surface area (Å²) < 4.78 is 11.0. The quantitative estimate of drug-likeness (QED) is 0.584. The third kappa shape index (κ3) is 5.00. The highest BCUT2D eigenvalue weighted by atomic mass is 16.5. The van der Waals surface area contributed by atoms with Gasteiger partial charge < -0.3 is 20.5 Å². The second-order valence-electron chi connectivity index (χ2n) is 5.74. The van der Waals surface area contributed by atoms with Gasteiger partial charge in [0, 0.05) is 24.4 Å². The standard InChI is InChI=1S/C20H23N3O5/c1-4-27-17-10-9-15(12-18(17)28-5-2)22-19(25)20(26)23(13(3)24)16-8-6-7-14(21)11-16/h6-12H,4-5,21H2,1-3H3,(H,22,25). The molecule has 0 aliphatic heterocycles. The molecule has 0 fully saturated rings. The number of ether oxygens (including phenoxy) is 2. The van der Waals surface area contributed by atoms with Gasteiger partial charge in [0.25, 0.3) is 0 Å². The van der Waals surface area contributed by atoms with Crippen molar-refractivity contribution < 1.29 is 23.9 Å². The molecular formula is C20H23N3O5. The van der Waals surface area contributed by atoms with Crippen LogP contribution in [0, 0.1) is 0 Å². The van der Waals surface area contributed by atoms with Gasteiger partial charge in [-0.1, -0.05) is 6.07 Å². The van der Waals surface area contributed by atoms with Crippen LogP contribution in [0.1, 0.15) is 20.8 Å². The van der Waals surface area contributed by atoms with E-state index in [0.29, 0.717) is 36.1 Å². The zero-order valence-corrected chi connectivity index (χ0v) is 16.0. The van der Waals surface area contributed by atoms with Crippen molar-refractivity contribution in [3.63, 3.8) is 0 Å². The fourth-order valence-electron chi connectivity index (χ4n) is 2.52. The Morgan fingerprint density at radius 2 is 1.68 bits per heavy atom. The molecule has 0 saturated heterocycles. The van der Waals surface area contributed by atoms with Crippen molar-refractivity contribution in [1.82, 2.24) is 0 Å². The molecule has 0 unspecified atom stereocenters. The van der Waals surface area contributed by atoms with E-state index >= 15 is 0 Å². The van der Waals surface area contributed by atoms with Gasteiger partial charge in [0.1, 0.15) is 0 Å². The number of carbonyl (C=O) groups is 3. The van der Waals surface area contributed by atoms with Crippen LogP contribution < -0.4 is 25.4 Å². The summed E-state index contributed by atoms with van der Waals surface area (Å²) >= 11 is 0. The van der Waals surface area contributed by atoms with Gasteiger partial charge >= 0.3 is 11.8 Å². The van der Waals surface area contributed by atoms with Crippen LogP contribution in [0.3, 0.4) is 0 Å². The maximum atomic E-state index is 12.6. The van der Waals surface area contributed by atoms with Crippen molar-refractivity contribution in [2.24, 2.45) is 0 Å². The summed E-state index contributed by atoms with van der Waals surface area (Å²) in [5, 5.41) is 2.48. The second-order valence-corrected chi connectivity index (χ2v) is 5.74. The van der Waals surface area contributed by atoms with Gasteiger partial charge in [-0.05, 0) is 44.2 Å². The smallest absolute Gasteiger partial charge is 0.323 e. The number of nitrogens with zero attached hydrogens (tertiary/aromatic N) is 1. The molecule has 8 heteroatoms. The Morgan fingerprint density at radius 3 is 2.29 bits per heavy atom. The number of hydrogen-bond acceptors (Lipinski definition) is 6. The van der Waals surface area contributed by atoms with Gasteiger partial charge in [0.2, 0.25) is 5.91 Å². The predicted octanol–water partition coefficient (Wildman–Crippen LogP) is 2.58. The topological polar surface area (TPSA) is 111 Å². The maximum absolute atomic E-state index is 12.6. The van der Waals surface area contributed by atoms with Crippen LogP contribution >= 0.6 is 0 Å². The molecule has 0 aliphatic rings. The number of rotatable bonds is 6. The lowest BCUT2D eigenvalue weighted by Crippen LogP contribution is -2.42. The van der Waals surface area contributed by atoms with E-state index in [1.807, 2.05) is 13.8 Å². The number of hydrogen-bond donors (Lipinski definition) is 2. The van der Waals surface area contributed by atoms with E-state index in [2.05, 4.69) is 5.32 Å². The number of imide groups is 1. The summed E-state index contributed by atoms with van der Waals surface area (Å²) in [7, 11) is 0. The third-order valence-corrected chi connectivity index (χ3v) is 3.64. The molecule has 28 heavy (non-hydrogen) atoms. The molecule has 2 aromatic carbocycles. The normalized spacial score (nSPS) is 10.1. The summed E-state index contributed by atoms with van der Waals surface area (Å²) in [6.07, 6.45) is 0. The van der Waals surface area contributed by atoms with Gasteiger partial charge in [-0.25, -0.2) is 4.90 Å². The SMILES string of the molecule is CCOc1ccc(NC(=O)C(=O)N(C(C)=O)c2cccc(N)c2)cc1OCC. The van der Waals surface area contributed by atoms with Gasteiger partial charge in [0.05, 0.1) is 18.9 Å². The highest BCUT2D eigenvalue weighted by molar-refractivity contribution is 6.48. The van der Waals surface area contributed by atoms with Crippen molar-refractivity contribution >= 4 is 34.8 Å². The molecule has 3 N–H and O–H groups in total. The van der Waals surface area contributed by atoms with Gasteiger partial charge in [0.15, 0.2) is 11.5 Å². The largest absolute Gasteiger partial charge is 0.490 e. The summed E-state index contributed by atoms with van der Waals surface area (Å²) in [4.78, 5) is 37.7. The van der Waals surface area contributed by atoms with E-state index in [-0.39, 0.29) is 5.69 Å². The minimum Gasteiger partial charge on any atom is -0.490 e. The zero-order chi connectivity index (χ0) is 20.7. The Balaban J connectivity index is 2.23. The highest BCUT2D eigenvalue weighted by Crippen LogP contribution is 2.30. The molecule has 0 aliphatic carbocycles. The second kappa shape index (κ2) is 9.40. The molecule has 3 amide bonds. The molecule has 0 aromatic heterocycles. The number of carbonyl (C=O) groups excluding carboxylic acids is 3. The summed E-state index contributed by atoms with van der Waals surface area (Å²) in [5.41, 5.74) is 6.62. The predicted molar refractivity (Wildman–Crippen MR) is 106 cm³/mol. The van der Waals surface area contributed by atoms with Gasteiger partial charge in [-0.3, -0.25) is 14.4 Å². The van der Waals surface area contributed by atoms with E-state index in [0.717, 1.165) is 4.90 Å². The van der Waals surface area contributed by atoms with E-state index in [1.54, 1.807) is 30.3 Å². The fraction of sp³-hybridized carbons (Fsp3) is 0.250. The fourth-order valence-corrected chi connectivity index (χ4v) is 2.52. The van der Waals surface area contributed by atoms with Gasteiger partial charge in [-0.2, -0.15) is 0 Å². The molecule has 0 bridgehead atoms. The van der Waals surface area contributed by atoms with E-state index in [9.17, 15) is 14.4 Å². The van der Waals surface area contributed by atoms with Crippen LogP contribution in [0.2, 0.25) is 0 Å². The molecule has 0 heterocycles. The zero-order valence-electron chi connectivity index (χ0n) is 16.0. The number of anilines is 3. The first-order valence-electron chi connectivity index (χ1n) is 8.78. The molecule has 148 valence electrons. The lowest BCUT2D eigenvalue weighted by molar-refractivity contribution is -0.136. The molecular weight excluding hydrogens is 362 g/mol. The van der Waals surface area contributed by atoms with Crippen LogP contribution in [0.15, 0.2) is 42.5 Å². The lowest BCUT2D eigenvalue weighted by Gasteiger charge is -2.19. The summed E-state index contributed by atoms with van der Waals surface area (Å²) in [6, 6.07) is 10.9. The first-order chi connectivity index (χ1) is 13.4. The van der Waals surface area contributed by atoms with Crippen molar-refractivity contribution in [1.29, 1.82) is 0 Å². The lowest BCUT2D eigenvalue weighted by atomic mass is 10.2. The highest BCUT2D eigenvalue weighted by Gasteiger charge is 2.27. The molecule has 2 rings (SSSR count). The van der Waals surface area contributed by atoms with E-state index < -0.39 is 17.7 Å². The Morgan fingerprint density at radius 1 is 1.00 bits per heavy atom. The average molecular weight is 385 g/mol. The van der Waals surface area contributed by atoms with Crippen LogP contribution in [0.25, 0.3) is 0 Å². The van der Waals surface area contributed by atoms with Crippen LogP contribution in [-0.4, -0.2) is 30.9 Å². The maximum Gasteiger partial charge on any atom is 0.323 e. The first-order valence-corrected chi connectivity index (χ1v) is 8.78. The van der Waals surface area contributed by atoms with Crippen molar-refractivity contribution in [2.75, 3.05) is 29.2 Å². The molecule has 8 nitrogen and oxygen atoms in total. The van der Waals surface area contributed by atoms with Crippen molar-refractivity contribution in [3.8, 4) is 11.5 Å². The molecule has 0 radical (unpaired) electrons. The van der Waals surface area contributed by atoms with Crippen LogP contribution in [0.5, 0.6) is 11.5 Å². The molecule has 0 atom stereocenters. The van der Waals surface area contributed by atoms with Gasteiger partial charge in [-0.15, -0.1) is 0 Å². The van der Waals surface area contributed by atoms with Crippen LogP contribution in [-0.2, 0) is 14.4 Å². The Labute approximate surface area is 163 Å². The van der Waals surface area contributed by atoms with Crippen LogP contribution in [0.4, 0.5) is 17.1 Å². The third-order valence-electron chi connectivity index (χ3n) is 3.64. The minimum absolute atomic E-state index is 0.217. The Kier molecular flexibility index (Phi) is 6.97. The number of nitrogens with two attached hydrogens (primary N) is 1.